The standard InChI is InChI=1S/C24H15FN4O2S/c25-16-11-12-19-18(14-16)21(22(30)26-19)27-28-24-29(17-9-5-2-6-10-17)23(31)20(32-24)13-15-7-3-1-4-8-15/h1-14H,(H,26,27,30). The highest BCUT2D eigenvalue weighted by molar-refractivity contribution is 8.19. The normalized spacial score (nSPS) is 19.2. The first-order valence-electron chi connectivity index (χ1n) is 9.71. The highest BCUT2D eigenvalue weighted by Crippen LogP contribution is 2.36. The number of fused-ring (bicyclic) bond motifs is 1. The maximum absolute atomic E-state index is 13.7. The second-order valence-corrected chi connectivity index (χ2v) is 7.98. The van der Waals surface area contributed by atoms with E-state index in [9.17, 15) is 14.0 Å². The zero-order valence-electron chi connectivity index (χ0n) is 16.5. The minimum absolute atomic E-state index is 0.00597. The molecule has 3 aromatic rings. The van der Waals surface area contributed by atoms with Crippen molar-refractivity contribution in [3.05, 3.63) is 101 Å². The molecule has 0 aromatic heterocycles. The smallest absolute Gasteiger partial charge is 0.276 e. The zero-order chi connectivity index (χ0) is 22.1. The predicted octanol–water partition coefficient (Wildman–Crippen LogP) is 4.66. The lowest BCUT2D eigenvalue weighted by molar-refractivity contribution is -0.113. The van der Waals surface area contributed by atoms with E-state index in [-0.39, 0.29) is 11.6 Å². The van der Waals surface area contributed by atoms with Crippen LogP contribution >= 0.6 is 11.8 Å². The number of anilines is 2. The molecule has 0 bridgehead atoms. The summed E-state index contributed by atoms with van der Waals surface area (Å²) in [6.07, 6.45) is 1.78. The molecular formula is C24H15FN4O2S. The lowest BCUT2D eigenvalue weighted by Crippen LogP contribution is -2.28. The van der Waals surface area contributed by atoms with Gasteiger partial charge in [-0.2, -0.15) is 0 Å². The van der Waals surface area contributed by atoms with E-state index in [0.717, 1.165) is 17.3 Å². The van der Waals surface area contributed by atoms with Crippen LogP contribution < -0.4 is 10.2 Å². The van der Waals surface area contributed by atoms with Crippen molar-refractivity contribution in [2.24, 2.45) is 10.2 Å². The Morgan fingerprint density at radius 3 is 2.38 bits per heavy atom. The van der Waals surface area contributed by atoms with Gasteiger partial charge in [0.25, 0.3) is 11.8 Å². The number of benzene rings is 3. The number of nitrogens with one attached hydrogen (secondary N) is 1. The molecule has 2 aliphatic heterocycles. The molecular weight excluding hydrogens is 427 g/mol. The topological polar surface area (TPSA) is 74.1 Å². The molecule has 0 radical (unpaired) electrons. The van der Waals surface area contributed by atoms with Crippen LogP contribution in [0.2, 0.25) is 0 Å². The van der Waals surface area contributed by atoms with Crippen molar-refractivity contribution in [3.8, 4) is 0 Å². The molecule has 1 fully saturated rings. The fourth-order valence-corrected chi connectivity index (χ4v) is 4.30. The van der Waals surface area contributed by atoms with Gasteiger partial charge in [0.2, 0.25) is 5.17 Å². The van der Waals surface area contributed by atoms with Gasteiger partial charge < -0.3 is 5.32 Å². The van der Waals surface area contributed by atoms with E-state index in [0.29, 0.717) is 27.0 Å². The third-order valence-corrected chi connectivity index (χ3v) is 5.81. The first-order chi connectivity index (χ1) is 15.6. The van der Waals surface area contributed by atoms with Gasteiger partial charge in [-0.15, -0.1) is 10.2 Å². The number of amides is 2. The van der Waals surface area contributed by atoms with Gasteiger partial charge >= 0.3 is 0 Å². The minimum Gasteiger partial charge on any atom is -0.320 e. The zero-order valence-corrected chi connectivity index (χ0v) is 17.3. The molecule has 2 amide bonds. The summed E-state index contributed by atoms with van der Waals surface area (Å²) in [6.45, 7) is 0. The SMILES string of the molecule is O=C1Nc2ccc(F)cc2C1=NN=C1SC(=Cc2ccccc2)C(=O)N1c1ccccc1. The van der Waals surface area contributed by atoms with E-state index in [4.69, 9.17) is 0 Å². The number of halogens is 1. The Morgan fingerprint density at radius 2 is 1.62 bits per heavy atom. The third-order valence-electron chi connectivity index (χ3n) is 4.85. The number of hydrogen-bond donors (Lipinski definition) is 1. The monoisotopic (exact) mass is 442 g/mol. The fourth-order valence-electron chi connectivity index (χ4n) is 3.36. The van der Waals surface area contributed by atoms with E-state index in [1.54, 1.807) is 18.2 Å². The molecule has 6 nitrogen and oxygen atoms in total. The summed E-state index contributed by atoms with van der Waals surface area (Å²) in [5.74, 6) is -1.20. The number of hydrogen-bond acceptors (Lipinski definition) is 5. The number of amidine groups is 1. The van der Waals surface area contributed by atoms with Crippen molar-refractivity contribution in [2.45, 2.75) is 0 Å². The highest BCUT2D eigenvalue weighted by Gasteiger charge is 2.35. The summed E-state index contributed by atoms with van der Waals surface area (Å²) >= 11 is 1.16. The average Bonchev–Trinajstić information content (AvgIpc) is 3.28. The Labute approximate surface area is 187 Å². The van der Waals surface area contributed by atoms with Crippen molar-refractivity contribution in [3.63, 3.8) is 0 Å². The van der Waals surface area contributed by atoms with Crippen molar-refractivity contribution in [1.82, 2.24) is 0 Å². The van der Waals surface area contributed by atoms with Crippen LogP contribution in [-0.2, 0) is 9.59 Å². The van der Waals surface area contributed by atoms with Gasteiger partial charge in [0.05, 0.1) is 16.3 Å². The lowest BCUT2D eigenvalue weighted by Gasteiger charge is -2.14. The quantitative estimate of drug-likeness (QED) is 0.474. The number of carbonyl (C=O) groups is 2. The molecule has 0 saturated carbocycles. The van der Waals surface area contributed by atoms with Crippen LogP contribution in [0.25, 0.3) is 6.08 Å². The summed E-state index contributed by atoms with van der Waals surface area (Å²) < 4.78 is 13.7. The van der Waals surface area contributed by atoms with Crippen LogP contribution in [0.15, 0.2) is 94.0 Å². The van der Waals surface area contributed by atoms with Crippen LogP contribution in [0.4, 0.5) is 15.8 Å². The summed E-state index contributed by atoms with van der Waals surface area (Å²) in [4.78, 5) is 27.5. The van der Waals surface area contributed by atoms with Gasteiger partial charge in [-0.25, -0.2) is 4.39 Å². The molecule has 5 rings (SSSR count). The molecule has 3 aromatic carbocycles. The number of nitrogens with zero attached hydrogens (tertiary/aromatic N) is 3. The van der Waals surface area contributed by atoms with Crippen LogP contribution in [0.1, 0.15) is 11.1 Å². The number of carbonyl (C=O) groups excluding carboxylic acids is 2. The molecule has 0 aliphatic carbocycles. The molecule has 1 saturated heterocycles. The van der Waals surface area contributed by atoms with Gasteiger partial charge in [0, 0.05) is 5.56 Å². The number of thioether (sulfide) groups is 1. The van der Waals surface area contributed by atoms with Crippen molar-refractivity contribution >= 4 is 51.9 Å². The van der Waals surface area contributed by atoms with E-state index in [1.165, 1.54) is 23.1 Å². The molecule has 0 unspecified atom stereocenters. The summed E-state index contributed by atoms with van der Waals surface area (Å²) in [7, 11) is 0. The van der Waals surface area contributed by atoms with Crippen LogP contribution in [0.5, 0.6) is 0 Å². The molecule has 0 atom stereocenters. The molecule has 156 valence electrons. The van der Waals surface area contributed by atoms with Crippen LogP contribution in [0.3, 0.4) is 0 Å². The summed E-state index contributed by atoms with van der Waals surface area (Å²) in [6, 6.07) is 22.5. The fraction of sp³-hybridized carbons (Fsp3) is 0. The Kier molecular flexibility index (Phi) is 5.12. The Hall–Kier alpha value is -4.04. The average molecular weight is 442 g/mol. The van der Waals surface area contributed by atoms with Gasteiger partial charge in [0.15, 0.2) is 5.71 Å². The highest BCUT2D eigenvalue weighted by atomic mass is 32.2. The summed E-state index contributed by atoms with van der Waals surface area (Å²) in [5, 5.41) is 11.3. The lowest BCUT2D eigenvalue weighted by atomic mass is 10.1. The molecule has 0 spiro atoms. The van der Waals surface area contributed by atoms with Gasteiger partial charge in [-0.05, 0) is 53.7 Å². The second kappa shape index (κ2) is 8.24. The van der Waals surface area contributed by atoms with Gasteiger partial charge in [0.1, 0.15) is 5.82 Å². The van der Waals surface area contributed by atoms with E-state index in [1.807, 2.05) is 48.5 Å². The minimum atomic E-state index is -0.481. The van der Waals surface area contributed by atoms with Gasteiger partial charge in [-0.3, -0.25) is 14.5 Å². The number of rotatable bonds is 3. The van der Waals surface area contributed by atoms with Gasteiger partial charge in [-0.1, -0.05) is 48.5 Å². The maximum Gasteiger partial charge on any atom is 0.276 e. The molecule has 2 heterocycles. The Bertz CT molecular complexity index is 1320. The van der Waals surface area contributed by atoms with Crippen molar-refractivity contribution in [1.29, 1.82) is 0 Å². The van der Waals surface area contributed by atoms with Crippen molar-refractivity contribution in [2.75, 3.05) is 10.2 Å². The molecule has 8 heteroatoms. The maximum atomic E-state index is 13.7. The van der Waals surface area contributed by atoms with Crippen LogP contribution in [0, 0.1) is 5.82 Å². The van der Waals surface area contributed by atoms with E-state index >= 15 is 0 Å². The molecule has 32 heavy (non-hydrogen) atoms. The van der Waals surface area contributed by atoms with Crippen molar-refractivity contribution < 1.29 is 14.0 Å². The largest absolute Gasteiger partial charge is 0.320 e. The Morgan fingerprint density at radius 1 is 0.906 bits per heavy atom. The molecule has 2 aliphatic rings. The second-order valence-electron chi connectivity index (χ2n) is 6.97. The first kappa shape index (κ1) is 19.9. The Balaban J connectivity index is 1.57. The van der Waals surface area contributed by atoms with Crippen LogP contribution in [-0.4, -0.2) is 22.7 Å². The van der Waals surface area contributed by atoms with E-state index < -0.39 is 11.7 Å². The first-order valence-corrected chi connectivity index (χ1v) is 10.5. The van der Waals surface area contributed by atoms with E-state index in [2.05, 4.69) is 15.5 Å². The third kappa shape index (κ3) is 3.72. The molecule has 1 N–H and O–H groups in total. The number of para-hydroxylation sites is 1. The summed E-state index contributed by atoms with van der Waals surface area (Å²) in [5.41, 5.74) is 2.30. The predicted molar refractivity (Wildman–Crippen MR) is 125 cm³/mol.